The van der Waals surface area contributed by atoms with Crippen LogP contribution in [-0.2, 0) is 0 Å². The van der Waals surface area contributed by atoms with Crippen LogP contribution in [0.4, 0.5) is 10.1 Å². The summed E-state index contributed by atoms with van der Waals surface area (Å²) in [6, 6.07) is 10.9. The highest BCUT2D eigenvalue weighted by molar-refractivity contribution is 6.33. The second-order valence-corrected chi connectivity index (χ2v) is 5.13. The highest BCUT2D eigenvalue weighted by atomic mass is 35.5. The fraction of sp³-hybridized carbons (Fsp3) is 0. The molecule has 1 N–H and O–H groups in total. The first-order valence-electron chi connectivity index (χ1n) is 6.77. The van der Waals surface area contributed by atoms with Gasteiger partial charge in [-0.05, 0) is 42.5 Å². The second kappa shape index (κ2) is 6.54. The van der Waals surface area contributed by atoms with Crippen molar-refractivity contribution in [3.05, 3.63) is 77.5 Å². The molecule has 0 radical (unpaired) electrons. The van der Waals surface area contributed by atoms with Crippen molar-refractivity contribution in [2.75, 3.05) is 5.32 Å². The molecule has 2 heterocycles. The van der Waals surface area contributed by atoms with Crippen molar-refractivity contribution < 1.29 is 9.18 Å². The van der Waals surface area contributed by atoms with Gasteiger partial charge in [0.1, 0.15) is 5.82 Å². The molecular weight excluding hydrogens is 317 g/mol. The number of nitrogens with zero attached hydrogens (tertiary/aromatic N) is 2. The van der Waals surface area contributed by atoms with Crippen molar-refractivity contribution in [1.29, 1.82) is 0 Å². The number of benzene rings is 1. The van der Waals surface area contributed by atoms with Crippen LogP contribution in [-0.4, -0.2) is 15.9 Å². The van der Waals surface area contributed by atoms with Crippen molar-refractivity contribution >= 4 is 23.2 Å². The Balaban J connectivity index is 1.88. The van der Waals surface area contributed by atoms with Crippen molar-refractivity contribution in [3.8, 4) is 11.3 Å². The smallest absolute Gasteiger partial charge is 0.255 e. The first kappa shape index (κ1) is 15.1. The normalized spacial score (nSPS) is 10.3. The number of rotatable bonds is 3. The molecule has 0 aliphatic rings. The van der Waals surface area contributed by atoms with E-state index in [9.17, 15) is 9.18 Å². The van der Waals surface area contributed by atoms with Gasteiger partial charge in [0.15, 0.2) is 0 Å². The number of halogens is 2. The number of hydrogen-bond acceptors (Lipinski definition) is 3. The van der Waals surface area contributed by atoms with Gasteiger partial charge in [0.25, 0.3) is 5.91 Å². The Kier molecular flexibility index (Phi) is 4.30. The number of hydrogen-bond donors (Lipinski definition) is 1. The number of aromatic nitrogens is 2. The SMILES string of the molecule is O=C(Nc1cccnc1)c1ccc(-c2ncccc2Cl)c(F)c1. The lowest BCUT2D eigenvalue weighted by atomic mass is 10.1. The second-order valence-electron chi connectivity index (χ2n) is 4.72. The van der Waals surface area contributed by atoms with E-state index in [1.165, 1.54) is 24.5 Å². The standard InChI is InChI=1S/C17H11ClFN3O/c18-14-4-2-8-21-16(14)13-6-5-11(9-15(13)19)17(23)22-12-3-1-7-20-10-12/h1-10H,(H,22,23). The van der Waals surface area contributed by atoms with Crippen LogP contribution in [0.25, 0.3) is 11.3 Å². The molecule has 1 aromatic carbocycles. The maximum atomic E-state index is 14.3. The number of carbonyl (C=O) groups excluding carboxylic acids is 1. The molecule has 0 aliphatic heterocycles. The van der Waals surface area contributed by atoms with Crippen molar-refractivity contribution in [1.82, 2.24) is 9.97 Å². The molecule has 0 atom stereocenters. The summed E-state index contributed by atoms with van der Waals surface area (Å²) in [5, 5.41) is 2.99. The summed E-state index contributed by atoms with van der Waals surface area (Å²) in [7, 11) is 0. The Morgan fingerprint density at radius 3 is 2.65 bits per heavy atom. The molecule has 23 heavy (non-hydrogen) atoms. The van der Waals surface area contributed by atoms with Crippen LogP contribution < -0.4 is 5.32 Å². The molecule has 0 fully saturated rings. The minimum absolute atomic E-state index is 0.196. The first-order valence-corrected chi connectivity index (χ1v) is 7.15. The molecule has 3 aromatic rings. The van der Waals surface area contributed by atoms with Crippen LogP contribution in [0.15, 0.2) is 61.1 Å². The van der Waals surface area contributed by atoms with E-state index in [2.05, 4.69) is 15.3 Å². The van der Waals surface area contributed by atoms with Crippen LogP contribution in [0.1, 0.15) is 10.4 Å². The highest BCUT2D eigenvalue weighted by Gasteiger charge is 2.14. The lowest BCUT2D eigenvalue weighted by Crippen LogP contribution is -2.12. The van der Waals surface area contributed by atoms with Gasteiger partial charge in [-0.1, -0.05) is 11.6 Å². The van der Waals surface area contributed by atoms with Crippen molar-refractivity contribution in [2.24, 2.45) is 0 Å². The van der Waals surface area contributed by atoms with Gasteiger partial charge in [-0.25, -0.2) is 4.39 Å². The molecule has 0 bridgehead atoms. The van der Waals surface area contributed by atoms with Gasteiger partial charge in [0, 0.05) is 23.5 Å². The molecule has 0 spiro atoms. The van der Waals surface area contributed by atoms with E-state index in [1.54, 1.807) is 30.5 Å². The Labute approximate surface area is 137 Å². The monoisotopic (exact) mass is 327 g/mol. The third-order valence-corrected chi connectivity index (χ3v) is 3.47. The summed E-state index contributed by atoms with van der Waals surface area (Å²) < 4.78 is 14.3. The zero-order valence-electron chi connectivity index (χ0n) is 11.8. The van der Waals surface area contributed by atoms with Gasteiger partial charge in [-0.3, -0.25) is 14.8 Å². The van der Waals surface area contributed by atoms with Crippen LogP contribution in [0.2, 0.25) is 5.02 Å². The van der Waals surface area contributed by atoms with Gasteiger partial charge in [0.05, 0.1) is 22.6 Å². The van der Waals surface area contributed by atoms with E-state index in [4.69, 9.17) is 11.6 Å². The maximum Gasteiger partial charge on any atom is 0.255 e. The Bertz CT molecular complexity index is 855. The third kappa shape index (κ3) is 3.35. The van der Waals surface area contributed by atoms with Gasteiger partial charge in [-0.2, -0.15) is 0 Å². The van der Waals surface area contributed by atoms with E-state index in [0.717, 1.165) is 6.07 Å². The van der Waals surface area contributed by atoms with E-state index >= 15 is 0 Å². The quantitative estimate of drug-likeness (QED) is 0.784. The Morgan fingerprint density at radius 2 is 1.96 bits per heavy atom. The lowest BCUT2D eigenvalue weighted by molar-refractivity contribution is 0.102. The minimum Gasteiger partial charge on any atom is -0.321 e. The molecular formula is C17H11ClFN3O. The average Bonchev–Trinajstić information content (AvgIpc) is 2.56. The van der Waals surface area contributed by atoms with Gasteiger partial charge < -0.3 is 5.32 Å². The number of amides is 1. The summed E-state index contributed by atoms with van der Waals surface area (Å²) in [4.78, 5) is 20.1. The lowest BCUT2D eigenvalue weighted by Gasteiger charge is -2.08. The summed E-state index contributed by atoms with van der Waals surface area (Å²) in [6.45, 7) is 0. The Morgan fingerprint density at radius 1 is 1.13 bits per heavy atom. The predicted molar refractivity (Wildman–Crippen MR) is 86.8 cm³/mol. The van der Waals surface area contributed by atoms with E-state index in [1.807, 2.05) is 0 Å². The number of anilines is 1. The van der Waals surface area contributed by atoms with Crippen molar-refractivity contribution in [3.63, 3.8) is 0 Å². The molecule has 0 saturated heterocycles. The molecule has 1 amide bonds. The first-order chi connectivity index (χ1) is 11.1. The van der Waals surface area contributed by atoms with Crippen LogP contribution in [0.3, 0.4) is 0 Å². The molecule has 0 aliphatic carbocycles. The molecule has 2 aromatic heterocycles. The zero-order chi connectivity index (χ0) is 16.2. The van der Waals surface area contributed by atoms with Crippen molar-refractivity contribution in [2.45, 2.75) is 0 Å². The number of pyridine rings is 2. The largest absolute Gasteiger partial charge is 0.321 e. The minimum atomic E-state index is -0.565. The third-order valence-electron chi connectivity index (χ3n) is 3.16. The van der Waals surface area contributed by atoms with Gasteiger partial charge in [0.2, 0.25) is 0 Å². The van der Waals surface area contributed by atoms with Gasteiger partial charge in [-0.15, -0.1) is 0 Å². The topological polar surface area (TPSA) is 54.9 Å². The fourth-order valence-electron chi connectivity index (χ4n) is 2.07. The summed E-state index contributed by atoms with van der Waals surface area (Å²) in [6.07, 6.45) is 4.64. The average molecular weight is 328 g/mol. The van der Waals surface area contributed by atoms with E-state index in [-0.39, 0.29) is 11.1 Å². The zero-order valence-corrected chi connectivity index (χ0v) is 12.6. The van der Waals surface area contributed by atoms with Crippen LogP contribution in [0.5, 0.6) is 0 Å². The molecule has 4 nitrogen and oxygen atoms in total. The summed E-state index contributed by atoms with van der Waals surface area (Å²) in [5.74, 6) is -0.986. The number of carbonyl (C=O) groups is 1. The van der Waals surface area contributed by atoms with Gasteiger partial charge >= 0.3 is 0 Å². The summed E-state index contributed by atoms with van der Waals surface area (Å²) >= 11 is 6.03. The molecule has 0 saturated carbocycles. The summed E-state index contributed by atoms with van der Waals surface area (Å²) in [5.41, 5.74) is 1.32. The molecule has 0 unspecified atom stereocenters. The highest BCUT2D eigenvalue weighted by Crippen LogP contribution is 2.28. The number of nitrogens with one attached hydrogen (secondary N) is 1. The maximum absolute atomic E-state index is 14.3. The van der Waals surface area contributed by atoms with Crippen LogP contribution in [0, 0.1) is 5.82 Å². The molecule has 114 valence electrons. The molecule has 3 rings (SSSR count). The predicted octanol–water partition coefficient (Wildman–Crippen LogP) is 4.19. The fourth-order valence-corrected chi connectivity index (χ4v) is 2.30. The van der Waals surface area contributed by atoms with E-state index < -0.39 is 11.7 Å². The van der Waals surface area contributed by atoms with E-state index in [0.29, 0.717) is 16.4 Å². The van der Waals surface area contributed by atoms with Crippen LogP contribution >= 0.6 is 11.6 Å². The Hall–Kier alpha value is -2.79. The molecule has 6 heteroatoms.